The van der Waals surface area contributed by atoms with Gasteiger partial charge in [-0.2, -0.15) is 0 Å². The van der Waals surface area contributed by atoms with Gasteiger partial charge in [0.05, 0.1) is 19.8 Å². The van der Waals surface area contributed by atoms with Crippen molar-refractivity contribution in [3.8, 4) is 11.5 Å². The second-order valence-electron chi connectivity index (χ2n) is 4.44. The number of esters is 1. The molecule has 0 saturated carbocycles. The van der Waals surface area contributed by atoms with E-state index in [0.717, 1.165) is 0 Å². The highest BCUT2D eigenvalue weighted by Crippen LogP contribution is 2.28. The summed E-state index contributed by atoms with van der Waals surface area (Å²) in [6, 6.07) is 13.5. The Morgan fingerprint density at radius 1 is 0.909 bits per heavy atom. The molecule has 0 saturated heterocycles. The molecule has 114 valence electrons. The van der Waals surface area contributed by atoms with E-state index in [1.165, 1.54) is 20.3 Å². The van der Waals surface area contributed by atoms with Crippen molar-refractivity contribution in [3.63, 3.8) is 0 Å². The average molecular weight is 300 g/mol. The van der Waals surface area contributed by atoms with Crippen LogP contribution in [0.3, 0.4) is 0 Å². The highest BCUT2D eigenvalue weighted by Gasteiger charge is 2.13. The fourth-order valence-corrected chi connectivity index (χ4v) is 1.88. The summed E-state index contributed by atoms with van der Waals surface area (Å²) in [5, 5.41) is 0. The topological polar surface area (TPSA) is 61.8 Å². The van der Waals surface area contributed by atoms with Gasteiger partial charge in [0.1, 0.15) is 0 Å². The number of hydrogen-bond donors (Lipinski definition) is 0. The van der Waals surface area contributed by atoms with Crippen LogP contribution < -0.4 is 9.47 Å². The zero-order valence-electron chi connectivity index (χ0n) is 12.4. The van der Waals surface area contributed by atoms with Crippen molar-refractivity contribution < 1.29 is 23.8 Å². The van der Waals surface area contributed by atoms with Crippen LogP contribution >= 0.6 is 0 Å². The van der Waals surface area contributed by atoms with Crippen LogP contribution in [0.1, 0.15) is 20.7 Å². The zero-order chi connectivity index (χ0) is 15.9. The first kappa shape index (κ1) is 15.6. The van der Waals surface area contributed by atoms with Crippen molar-refractivity contribution in [2.24, 2.45) is 0 Å². The van der Waals surface area contributed by atoms with Gasteiger partial charge in [0.15, 0.2) is 23.9 Å². The summed E-state index contributed by atoms with van der Waals surface area (Å²) in [6.45, 7) is -0.113. The molecule has 0 aliphatic carbocycles. The van der Waals surface area contributed by atoms with Crippen molar-refractivity contribution in [1.82, 2.24) is 0 Å². The summed E-state index contributed by atoms with van der Waals surface area (Å²) in [6.07, 6.45) is 0. The van der Waals surface area contributed by atoms with Gasteiger partial charge in [-0.05, 0) is 18.2 Å². The number of benzene rings is 2. The van der Waals surface area contributed by atoms with Crippen molar-refractivity contribution in [3.05, 3.63) is 59.7 Å². The first-order valence-corrected chi connectivity index (χ1v) is 6.63. The van der Waals surface area contributed by atoms with E-state index in [1.807, 2.05) is 6.07 Å². The maximum absolute atomic E-state index is 12.0. The van der Waals surface area contributed by atoms with E-state index in [-0.39, 0.29) is 12.4 Å². The largest absolute Gasteiger partial charge is 0.493 e. The second-order valence-corrected chi connectivity index (χ2v) is 4.44. The van der Waals surface area contributed by atoms with Crippen LogP contribution in [-0.4, -0.2) is 32.6 Å². The van der Waals surface area contributed by atoms with E-state index < -0.39 is 5.97 Å². The molecule has 2 rings (SSSR count). The maximum Gasteiger partial charge on any atom is 0.337 e. The van der Waals surface area contributed by atoms with Crippen LogP contribution in [0.5, 0.6) is 11.5 Å². The number of Topliss-reactive ketones (excluding diaryl/α,β-unsaturated/α-hetero) is 1. The molecule has 2 aromatic rings. The van der Waals surface area contributed by atoms with E-state index in [2.05, 4.69) is 4.74 Å². The molecular weight excluding hydrogens is 284 g/mol. The van der Waals surface area contributed by atoms with Crippen molar-refractivity contribution >= 4 is 11.8 Å². The molecule has 0 unspecified atom stereocenters. The van der Waals surface area contributed by atoms with Crippen LogP contribution in [0.25, 0.3) is 0 Å². The molecule has 0 bridgehead atoms. The number of rotatable bonds is 6. The lowest BCUT2D eigenvalue weighted by Crippen LogP contribution is -2.12. The Balaban J connectivity index is 2.09. The molecule has 0 amide bonds. The molecule has 0 radical (unpaired) electrons. The standard InChI is InChI=1S/C17H16O5/c1-20-16-10-13(17(19)21-2)8-9-15(16)22-11-14(18)12-6-4-3-5-7-12/h3-10H,11H2,1-2H3. The molecule has 5 nitrogen and oxygen atoms in total. The third-order valence-corrected chi connectivity index (χ3v) is 3.04. The van der Waals surface area contributed by atoms with Gasteiger partial charge in [-0.3, -0.25) is 4.79 Å². The minimum Gasteiger partial charge on any atom is -0.493 e. The molecule has 0 atom stereocenters. The van der Waals surface area contributed by atoms with Gasteiger partial charge in [-0.15, -0.1) is 0 Å². The molecule has 0 aliphatic heterocycles. The van der Waals surface area contributed by atoms with Gasteiger partial charge in [0.25, 0.3) is 0 Å². The van der Waals surface area contributed by atoms with E-state index in [1.54, 1.807) is 36.4 Å². The minimum atomic E-state index is -0.467. The average Bonchev–Trinajstić information content (AvgIpc) is 2.59. The smallest absolute Gasteiger partial charge is 0.337 e. The normalized spacial score (nSPS) is 9.91. The second kappa shape index (κ2) is 7.26. The Morgan fingerprint density at radius 2 is 1.64 bits per heavy atom. The quantitative estimate of drug-likeness (QED) is 0.606. The maximum atomic E-state index is 12.0. The summed E-state index contributed by atoms with van der Waals surface area (Å²) in [4.78, 5) is 23.5. The van der Waals surface area contributed by atoms with Crippen molar-refractivity contribution in [2.75, 3.05) is 20.8 Å². The first-order chi connectivity index (χ1) is 10.7. The highest BCUT2D eigenvalue weighted by molar-refractivity contribution is 5.97. The summed E-state index contributed by atoms with van der Waals surface area (Å²) < 4.78 is 15.3. The van der Waals surface area contributed by atoms with Crippen molar-refractivity contribution in [1.29, 1.82) is 0 Å². The molecule has 22 heavy (non-hydrogen) atoms. The van der Waals surface area contributed by atoms with E-state index in [9.17, 15) is 9.59 Å². The van der Waals surface area contributed by atoms with Crippen LogP contribution in [-0.2, 0) is 4.74 Å². The highest BCUT2D eigenvalue weighted by atomic mass is 16.5. The van der Waals surface area contributed by atoms with Gasteiger partial charge in [0, 0.05) is 5.56 Å². The monoisotopic (exact) mass is 300 g/mol. The Kier molecular flexibility index (Phi) is 5.14. The Hall–Kier alpha value is -2.82. The molecule has 0 N–H and O–H groups in total. The molecule has 0 aromatic heterocycles. The Morgan fingerprint density at radius 3 is 2.27 bits per heavy atom. The molecule has 0 aliphatic rings. The fourth-order valence-electron chi connectivity index (χ4n) is 1.88. The summed E-state index contributed by atoms with van der Waals surface area (Å²) >= 11 is 0. The van der Waals surface area contributed by atoms with E-state index in [4.69, 9.17) is 9.47 Å². The number of ether oxygens (including phenoxy) is 3. The predicted octanol–water partition coefficient (Wildman–Crippen LogP) is 2.74. The van der Waals surface area contributed by atoms with Gasteiger partial charge in [-0.1, -0.05) is 30.3 Å². The van der Waals surface area contributed by atoms with Crippen LogP contribution in [0.2, 0.25) is 0 Å². The number of hydrogen-bond acceptors (Lipinski definition) is 5. The third kappa shape index (κ3) is 3.63. The molecule has 0 heterocycles. The van der Waals surface area contributed by atoms with Gasteiger partial charge < -0.3 is 14.2 Å². The zero-order valence-corrected chi connectivity index (χ0v) is 12.4. The molecule has 5 heteroatoms. The predicted molar refractivity (Wildman–Crippen MR) is 80.6 cm³/mol. The van der Waals surface area contributed by atoms with E-state index in [0.29, 0.717) is 22.6 Å². The van der Waals surface area contributed by atoms with E-state index >= 15 is 0 Å². The summed E-state index contributed by atoms with van der Waals surface area (Å²) in [5.74, 6) is 0.146. The number of carbonyl (C=O) groups is 2. The molecular formula is C17H16O5. The van der Waals surface area contributed by atoms with Gasteiger partial charge >= 0.3 is 5.97 Å². The number of ketones is 1. The Bertz CT molecular complexity index is 664. The Labute approximate surface area is 128 Å². The summed E-state index contributed by atoms with van der Waals surface area (Å²) in [7, 11) is 2.76. The fraction of sp³-hybridized carbons (Fsp3) is 0.176. The summed E-state index contributed by atoms with van der Waals surface area (Å²) in [5.41, 5.74) is 0.925. The molecule has 0 spiro atoms. The molecule has 0 fully saturated rings. The van der Waals surface area contributed by atoms with Crippen LogP contribution in [0.15, 0.2) is 48.5 Å². The number of methoxy groups -OCH3 is 2. The van der Waals surface area contributed by atoms with Crippen LogP contribution in [0, 0.1) is 0 Å². The van der Waals surface area contributed by atoms with Crippen LogP contribution in [0.4, 0.5) is 0 Å². The lowest BCUT2D eigenvalue weighted by Gasteiger charge is -2.11. The lowest BCUT2D eigenvalue weighted by atomic mass is 10.1. The van der Waals surface area contributed by atoms with Crippen molar-refractivity contribution in [2.45, 2.75) is 0 Å². The van der Waals surface area contributed by atoms with Gasteiger partial charge in [-0.25, -0.2) is 4.79 Å². The minimum absolute atomic E-state index is 0.113. The van der Waals surface area contributed by atoms with Gasteiger partial charge in [0.2, 0.25) is 0 Å². The third-order valence-electron chi connectivity index (χ3n) is 3.04. The molecule has 2 aromatic carbocycles. The first-order valence-electron chi connectivity index (χ1n) is 6.63. The SMILES string of the molecule is COC(=O)c1ccc(OCC(=O)c2ccccc2)c(OC)c1. The number of carbonyl (C=O) groups excluding carboxylic acids is 2. The lowest BCUT2D eigenvalue weighted by molar-refractivity contribution is 0.0600.